The summed E-state index contributed by atoms with van der Waals surface area (Å²) < 4.78 is 1.63. The summed E-state index contributed by atoms with van der Waals surface area (Å²) in [5.41, 5.74) is 2.60. The first-order valence-corrected chi connectivity index (χ1v) is 6.88. The summed E-state index contributed by atoms with van der Waals surface area (Å²) in [5.74, 6) is 0. The van der Waals surface area contributed by atoms with E-state index in [0.717, 1.165) is 5.56 Å². The quantitative estimate of drug-likeness (QED) is 0.744. The standard InChI is InChI=1S/C18H13N3O/c19-12-16-7-4-9-20-18(16)15-8-10-21(17(22)11-15)13-14-5-2-1-3-6-14/h1-11H,13H2. The molecule has 106 valence electrons. The molecule has 1 aromatic carbocycles. The Labute approximate surface area is 127 Å². The highest BCUT2D eigenvalue weighted by molar-refractivity contribution is 5.65. The van der Waals surface area contributed by atoms with Gasteiger partial charge in [0.15, 0.2) is 0 Å². The Morgan fingerprint density at radius 1 is 1.09 bits per heavy atom. The van der Waals surface area contributed by atoms with Gasteiger partial charge in [-0.1, -0.05) is 30.3 Å². The van der Waals surface area contributed by atoms with Crippen LogP contribution in [0.2, 0.25) is 0 Å². The Balaban J connectivity index is 1.96. The van der Waals surface area contributed by atoms with Crippen LogP contribution in [-0.4, -0.2) is 9.55 Å². The monoisotopic (exact) mass is 287 g/mol. The van der Waals surface area contributed by atoms with E-state index in [1.807, 2.05) is 36.4 Å². The van der Waals surface area contributed by atoms with Gasteiger partial charge in [0.05, 0.1) is 17.8 Å². The summed E-state index contributed by atoms with van der Waals surface area (Å²) in [6, 6.07) is 18.6. The number of nitrogens with zero attached hydrogens (tertiary/aromatic N) is 3. The SMILES string of the molecule is N#Cc1cccnc1-c1ccn(Cc2ccccc2)c(=O)c1. The maximum absolute atomic E-state index is 12.3. The van der Waals surface area contributed by atoms with Crippen LogP contribution in [0.1, 0.15) is 11.1 Å². The third kappa shape index (κ3) is 2.79. The zero-order valence-electron chi connectivity index (χ0n) is 11.8. The molecule has 2 heterocycles. The molecule has 0 aliphatic heterocycles. The van der Waals surface area contributed by atoms with Crippen LogP contribution in [0.15, 0.2) is 71.8 Å². The van der Waals surface area contributed by atoms with Gasteiger partial charge in [-0.05, 0) is 23.8 Å². The second kappa shape index (κ2) is 6.06. The van der Waals surface area contributed by atoms with Crippen LogP contribution in [0.4, 0.5) is 0 Å². The molecule has 0 atom stereocenters. The molecule has 4 heteroatoms. The molecular weight excluding hydrogens is 274 g/mol. The highest BCUT2D eigenvalue weighted by atomic mass is 16.1. The highest BCUT2D eigenvalue weighted by Crippen LogP contribution is 2.18. The van der Waals surface area contributed by atoms with Crippen molar-refractivity contribution >= 4 is 0 Å². The second-order valence-corrected chi connectivity index (χ2v) is 4.88. The topological polar surface area (TPSA) is 58.7 Å². The average Bonchev–Trinajstić information content (AvgIpc) is 2.57. The molecule has 0 N–H and O–H groups in total. The Morgan fingerprint density at radius 3 is 2.64 bits per heavy atom. The van der Waals surface area contributed by atoms with Gasteiger partial charge in [0.1, 0.15) is 6.07 Å². The van der Waals surface area contributed by atoms with Crippen molar-refractivity contribution in [2.24, 2.45) is 0 Å². The molecule has 4 nitrogen and oxygen atoms in total. The molecule has 0 spiro atoms. The van der Waals surface area contributed by atoms with Crippen molar-refractivity contribution in [3.05, 3.63) is 88.5 Å². The van der Waals surface area contributed by atoms with E-state index in [4.69, 9.17) is 5.26 Å². The molecule has 3 aromatic rings. The zero-order chi connectivity index (χ0) is 15.4. The van der Waals surface area contributed by atoms with Crippen molar-refractivity contribution < 1.29 is 0 Å². The first-order valence-electron chi connectivity index (χ1n) is 6.88. The van der Waals surface area contributed by atoms with Gasteiger partial charge in [-0.3, -0.25) is 9.78 Å². The second-order valence-electron chi connectivity index (χ2n) is 4.88. The predicted octanol–water partition coefficient (Wildman–Crippen LogP) is 2.83. The van der Waals surface area contributed by atoms with E-state index >= 15 is 0 Å². The number of nitriles is 1. The largest absolute Gasteiger partial charge is 0.311 e. The van der Waals surface area contributed by atoms with Crippen LogP contribution in [0.5, 0.6) is 0 Å². The lowest BCUT2D eigenvalue weighted by atomic mass is 10.1. The molecule has 3 rings (SSSR count). The van der Waals surface area contributed by atoms with Crippen molar-refractivity contribution in [3.8, 4) is 17.3 Å². The summed E-state index contributed by atoms with van der Waals surface area (Å²) in [4.78, 5) is 16.5. The van der Waals surface area contributed by atoms with E-state index in [9.17, 15) is 4.79 Å². The van der Waals surface area contributed by atoms with Crippen LogP contribution in [0.3, 0.4) is 0 Å². The van der Waals surface area contributed by atoms with Crippen molar-refractivity contribution in [1.29, 1.82) is 5.26 Å². The lowest BCUT2D eigenvalue weighted by Crippen LogP contribution is -2.19. The fourth-order valence-corrected chi connectivity index (χ4v) is 2.29. The molecule has 0 aliphatic rings. The Morgan fingerprint density at radius 2 is 1.91 bits per heavy atom. The van der Waals surface area contributed by atoms with Gasteiger partial charge in [-0.15, -0.1) is 0 Å². The number of pyridine rings is 2. The van der Waals surface area contributed by atoms with Gasteiger partial charge in [-0.2, -0.15) is 5.26 Å². The van der Waals surface area contributed by atoms with Crippen molar-refractivity contribution in [1.82, 2.24) is 9.55 Å². The van der Waals surface area contributed by atoms with Crippen LogP contribution in [0.25, 0.3) is 11.3 Å². The molecule has 0 bridgehead atoms. The molecule has 0 radical (unpaired) electrons. The number of rotatable bonds is 3. The van der Waals surface area contributed by atoms with Crippen molar-refractivity contribution in [2.75, 3.05) is 0 Å². The first kappa shape index (κ1) is 13.8. The lowest BCUT2D eigenvalue weighted by molar-refractivity contribution is 0.760. The molecular formula is C18H13N3O. The fraction of sp³-hybridized carbons (Fsp3) is 0.0556. The summed E-state index contributed by atoms with van der Waals surface area (Å²) >= 11 is 0. The predicted molar refractivity (Wildman–Crippen MR) is 84.2 cm³/mol. The molecule has 0 saturated carbocycles. The minimum atomic E-state index is -0.115. The molecule has 0 amide bonds. The molecule has 0 unspecified atom stereocenters. The van der Waals surface area contributed by atoms with E-state index in [2.05, 4.69) is 11.1 Å². The lowest BCUT2D eigenvalue weighted by Gasteiger charge is -2.08. The Bertz CT molecular complexity index is 892. The number of hydrogen-bond acceptors (Lipinski definition) is 3. The maximum Gasteiger partial charge on any atom is 0.251 e. The van der Waals surface area contributed by atoms with Crippen LogP contribution in [-0.2, 0) is 6.54 Å². The summed E-state index contributed by atoms with van der Waals surface area (Å²) in [6.45, 7) is 0.521. The third-order valence-electron chi connectivity index (χ3n) is 3.39. The Hall–Kier alpha value is -3.19. The molecule has 0 saturated heterocycles. The normalized spacial score (nSPS) is 10.1. The minimum Gasteiger partial charge on any atom is -0.311 e. The van der Waals surface area contributed by atoms with E-state index in [0.29, 0.717) is 23.4 Å². The zero-order valence-corrected chi connectivity index (χ0v) is 11.8. The Kier molecular flexibility index (Phi) is 3.80. The minimum absolute atomic E-state index is 0.115. The van der Waals surface area contributed by atoms with Gasteiger partial charge < -0.3 is 4.57 Å². The molecule has 2 aromatic heterocycles. The van der Waals surface area contributed by atoms with Crippen LogP contribution >= 0.6 is 0 Å². The number of hydrogen-bond donors (Lipinski definition) is 0. The average molecular weight is 287 g/mol. The number of benzene rings is 1. The van der Waals surface area contributed by atoms with Gasteiger partial charge in [-0.25, -0.2) is 0 Å². The molecule has 0 aliphatic carbocycles. The molecule has 22 heavy (non-hydrogen) atoms. The summed E-state index contributed by atoms with van der Waals surface area (Å²) in [7, 11) is 0. The van der Waals surface area contributed by atoms with Crippen molar-refractivity contribution in [2.45, 2.75) is 6.54 Å². The van der Waals surface area contributed by atoms with Crippen molar-refractivity contribution in [3.63, 3.8) is 0 Å². The van der Waals surface area contributed by atoms with E-state index < -0.39 is 0 Å². The van der Waals surface area contributed by atoms with Gasteiger partial charge >= 0.3 is 0 Å². The van der Waals surface area contributed by atoms with E-state index in [1.165, 1.54) is 6.07 Å². The smallest absolute Gasteiger partial charge is 0.251 e. The highest BCUT2D eigenvalue weighted by Gasteiger charge is 2.07. The van der Waals surface area contributed by atoms with E-state index in [1.54, 1.807) is 29.1 Å². The maximum atomic E-state index is 12.3. The van der Waals surface area contributed by atoms with E-state index in [-0.39, 0.29) is 5.56 Å². The summed E-state index contributed by atoms with van der Waals surface area (Å²) in [5, 5.41) is 9.13. The third-order valence-corrected chi connectivity index (χ3v) is 3.39. The van der Waals surface area contributed by atoms with Crippen LogP contribution < -0.4 is 5.56 Å². The van der Waals surface area contributed by atoms with Crippen LogP contribution in [0, 0.1) is 11.3 Å². The molecule has 0 fully saturated rings. The van der Waals surface area contributed by atoms with Gasteiger partial charge in [0.25, 0.3) is 5.56 Å². The van der Waals surface area contributed by atoms with Gasteiger partial charge in [0, 0.05) is 24.0 Å². The van der Waals surface area contributed by atoms with Gasteiger partial charge in [0.2, 0.25) is 0 Å². The first-order chi connectivity index (χ1) is 10.8. The fourth-order valence-electron chi connectivity index (χ4n) is 2.29. The number of aromatic nitrogens is 2. The summed E-state index contributed by atoms with van der Waals surface area (Å²) in [6.07, 6.45) is 3.35.